The summed E-state index contributed by atoms with van der Waals surface area (Å²) in [4.78, 5) is 11.3. The molecule has 1 aromatic carbocycles. The van der Waals surface area contributed by atoms with Gasteiger partial charge in [-0.05, 0) is 25.1 Å². The highest BCUT2D eigenvalue weighted by molar-refractivity contribution is 9.10. The molecule has 3 N–H and O–H groups in total. The lowest BCUT2D eigenvalue weighted by Gasteiger charge is -2.16. The molecule has 1 heterocycles. The van der Waals surface area contributed by atoms with E-state index in [1.54, 1.807) is 19.1 Å². The summed E-state index contributed by atoms with van der Waals surface area (Å²) in [7, 11) is 0. The van der Waals surface area contributed by atoms with E-state index in [-0.39, 0.29) is 13.0 Å². The molecule has 1 aromatic heterocycles. The minimum atomic E-state index is -1.25. The zero-order valence-electron chi connectivity index (χ0n) is 10.8. The third-order valence-electron chi connectivity index (χ3n) is 2.89. The Hall–Kier alpha value is -1.44. The molecule has 20 heavy (non-hydrogen) atoms. The van der Waals surface area contributed by atoms with Crippen molar-refractivity contribution in [3.8, 4) is 0 Å². The number of benzene rings is 1. The number of carbonyl (C=O) groups excluding carboxylic acids is 1. The second-order valence-electron chi connectivity index (χ2n) is 4.32. The van der Waals surface area contributed by atoms with Gasteiger partial charge in [-0.3, -0.25) is 9.89 Å². The predicted molar refractivity (Wildman–Crippen MR) is 76.0 cm³/mol. The van der Waals surface area contributed by atoms with E-state index in [1.165, 1.54) is 0 Å². The van der Waals surface area contributed by atoms with Crippen LogP contribution in [0.1, 0.15) is 25.1 Å². The first kappa shape index (κ1) is 15.0. The van der Waals surface area contributed by atoms with Gasteiger partial charge in [-0.1, -0.05) is 15.9 Å². The Morgan fingerprint density at radius 1 is 1.50 bits per heavy atom. The molecule has 0 spiro atoms. The van der Waals surface area contributed by atoms with Gasteiger partial charge in [0.25, 0.3) is 0 Å². The third kappa shape index (κ3) is 3.17. The van der Waals surface area contributed by atoms with E-state index in [1.807, 2.05) is 6.07 Å². The van der Waals surface area contributed by atoms with E-state index < -0.39 is 18.2 Å². The molecule has 2 atom stereocenters. The van der Waals surface area contributed by atoms with Crippen LogP contribution < -0.4 is 0 Å². The lowest BCUT2D eigenvalue weighted by Crippen LogP contribution is -2.23. The van der Waals surface area contributed by atoms with E-state index in [4.69, 9.17) is 4.74 Å². The molecule has 0 aliphatic rings. The van der Waals surface area contributed by atoms with Gasteiger partial charge >= 0.3 is 5.97 Å². The van der Waals surface area contributed by atoms with Crippen LogP contribution in [0.4, 0.5) is 0 Å². The average Bonchev–Trinajstić information content (AvgIpc) is 2.80. The highest BCUT2D eigenvalue weighted by Crippen LogP contribution is 2.27. The maximum Gasteiger partial charge on any atom is 0.308 e. The number of ether oxygens (including phenoxy) is 1. The van der Waals surface area contributed by atoms with Crippen LogP contribution in [-0.4, -0.2) is 39.1 Å². The molecule has 0 radical (unpaired) electrons. The summed E-state index contributed by atoms with van der Waals surface area (Å²) >= 11 is 3.33. The van der Waals surface area contributed by atoms with Crippen LogP contribution in [0.2, 0.25) is 0 Å². The number of carbonyl (C=O) groups is 1. The van der Waals surface area contributed by atoms with Crippen LogP contribution in [0.25, 0.3) is 10.9 Å². The van der Waals surface area contributed by atoms with Crippen LogP contribution >= 0.6 is 15.9 Å². The summed E-state index contributed by atoms with van der Waals surface area (Å²) in [6.07, 6.45) is -2.75. The zero-order chi connectivity index (χ0) is 14.7. The Morgan fingerprint density at radius 3 is 2.95 bits per heavy atom. The number of H-pyrrole nitrogens is 1. The average molecular weight is 343 g/mol. The summed E-state index contributed by atoms with van der Waals surface area (Å²) in [6, 6.07) is 5.38. The molecule has 0 amide bonds. The number of hydrogen-bond acceptors (Lipinski definition) is 5. The van der Waals surface area contributed by atoms with Gasteiger partial charge in [0.2, 0.25) is 0 Å². The normalized spacial score (nSPS) is 14.2. The van der Waals surface area contributed by atoms with Crippen LogP contribution in [0.3, 0.4) is 0 Å². The number of esters is 1. The molecule has 2 rings (SSSR count). The molecule has 0 bridgehead atoms. The van der Waals surface area contributed by atoms with Crippen molar-refractivity contribution in [1.29, 1.82) is 0 Å². The van der Waals surface area contributed by atoms with Gasteiger partial charge in [-0.25, -0.2) is 0 Å². The molecule has 108 valence electrons. The summed E-state index contributed by atoms with van der Waals surface area (Å²) in [5.74, 6) is -0.550. The predicted octanol–water partition coefficient (Wildman–Crippen LogP) is 1.67. The van der Waals surface area contributed by atoms with Gasteiger partial charge in [0, 0.05) is 9.86 Å². The molecule has 7 heteroatoms. The molecule has 0 aliphatic heterocycles. The van der Waals surface area contributed by atoms with Gasteiger partial charge in [0.1, 0.15) is 6.10 Å². The molecular weight excluding hydrogens is 328 g/mol. The molecular formula is C13H15BrN2O4. The summed E-state index contributed by atoms with van der Waals surface area (Å²) in [5.41, 5.74) is 1.04. The fourth-order valence-electron chi connectivity index (χ4n) is 1.93. The highest BCUT2D eigenvalue weighted by Gasteiger charge is 2.25. The first-order chi connectivity index (χ1) is 9.52. The van der Waals surface area contributed by atoms with Crippen molar-refractivity contribution in [3.63, 3.8) is 0 Å². The van der Waals surface area contributed by atoms with Crippen LogP contribution in [0.5, 0.6) is 0 Å². The highest BCUT2D eigenvalue weighted by atomic mass is 79.9. The fourth-order valence-corrected chi connectivity index (χ4v) is 2.27. The Bertz CT molecular complexity index is 613. The van der Waals surface area contributed by atoms with Gasteiger partial charge in [-0.15, -0.1) is 0 Å². The number of nitrogens with one attached hydrogen (secondary N) is 1. The third-order valence-corrected chi connectivity index (χ3v) is 3.38. The first-order valence-corrected chi connectivity index (χ1v) is 6.97. The van der Waals surface area contributed by atoms with E-state index in [0.29, 0.717) is 16.6 Å². The number of aromatic nitrogens is 2. The number of nitrogens with zero attached hydrogens (tertiary/aromatic N) is 1. The standard InChI is InChI=1S/C13H15BrN2O4/c1-2-20-11(18)6-10(17)13(19)12-8-4-3-7(14)5-9(8)15-16-12/h3-5,10,13,17,19H,2,6H2,1H3,(H,15,16). The summed E-state index contributed by atoms with van der Waals surface area (Å²) in [6.45, 7) is 1.92. The summed E-state index contributed by atoms with van der Waals surface area (Å²) < 4.78 is 5.61. The van der Waals surface area contributed by atoms with Gasteiger partial charge < -0.3 is 14.9 Å². The number of fused-ring (bicyclic) bond motifs is 1. The number of aliphatic hydroxyl groups excluding tert-OH is 2. The monoisotopic (exact) mass is 342 g/mol. The summed E-state index contributed by atoms with van der Waals surface area (Å²) in [5, 5.41) is 27.5. The molecule has 6 nitrogen and oxygen atoms in total. The Balaban J connectivity index is 2.18. The number of aliphatic hydroxyl groups is 2. The molecule has 0 fully saturated rings. The van der Waals surface area contributed by atoms with E-state index in [9.17, 15) is 15.0 Å². The van der Waals surface area contributed by atoms with Crippen molar-refractivity contribution < 1.29 is 19.7 Å². The van der Waals surface area contributed by atoms with Crippen molar-refractivity contribution in [2.75, 3.05) is 6.61 Å². The maximum absolute atomic E-state index is 11.3. The number of rotatable bonds is 5. The van der Waals surface area contributed by atoms with Crippen molar-refractivity contribution in [2.45, 2.75) is 25.6 Å². The Labute approximate surface area is 123 Å². The quantitative estimate of drug-likeness (QED) is 0.718. The second kappa shape index (κ2) is 6.34. The van der Waals surface area contributed by atoms with E-state index >= 15 is 0 Å². The van der Waals surface area contributed by atoms with Gasteiger partial charge in [-0.2, -0.15) is 5.10 Å². The van der Waals surface area contributed by atoms with E-state index in [0.717, 1.165) is 4.47 Å². The number of halogens is 1. The van der Waals surface area contributed by atoms with Crippen molar-refractivity contribution in [3.05, 3.63) is 28.4 Å². The second-order valence-corrected chi connectivity index (χ2v) is 5.24. The van der Waals surface area contributed by atoms with Crippen LogP contribution in [0.15, 0.2) is 22.7 Å². The molecule has 0 saturated carbocycles. The molecule has 2 unspecified atom stereocenters. The SMILES string of the molecule is CCOC(=O)CC(O)C(O)c1[nH]nc2cc(Br)ccc12. The molecule has 0 saturated heterocycles. The lowest BCUT2D eigenvalue weighted by molar-refractivity contribution is -0.147. The van der Waals surface area contributed by atoms with Crippen molar-refractivity contribution >= 4 is 32.8 Å². The lowest BCUT2D eigenvalue weighted by atomic mass is 10.0. The Kier molecular flexibility index (Phi) is 4.74. The van der Waals surface area contributed by atoms with Crippen LogP contribution in [-0.2, 0) is 9.53 Å². The van der Waals surface area contributed by atoms with Crippen molar-refractivity contribution in [1.82, 2.24) is 10.2 Å². The number of aromatic amines is 1. The minimum absolute atomic E-state index is 0.239. The maximum atomic E-state index is 11.3. The van der Waals surface area contributed by atoms with Crippen molar-refractivity contribution in [2.24, 2.45) is 0 Å². The topological polar surface area (TPSA) is 95.4 Å². The molecule has 0 aliphatic carbocycles. The van der Waals surface area contributed by atoms with Gasteiger partial charge in [0.05, 0.1) is 30.3 Å². The first-order valence-electron chi connectivity index (χ1n) is 6.18. The van der Waals surface area contributed by atoms with Gasteiger partial charge in [0.15, 0.2) is 0 Å². The Morgan fingerprint density at radius 2 is 2.25 bits per heavy atom. The fraction of sp³-hybridized carbons (Fsp3) is 0.385. The van der Waals surface area contributed by atoms with Crippen LogP contribution in [0, 0.1) is 0 Å². The largest absolute Gasteiger partial charge is 0.466 e. The number of hydrogen-bond donors (Lipinski definition) is 3. The minimum Gasteiger partial charge on any atom is -0.466 e. The van der Waals surface area contributed by atoms with E-state index in [2.05, 4.69) is 26.1 Å². The smallest absolute Gasteiger partial charge is 0.308 e. The zero-order valence-corrected chi connectivity index (χ0v) is 12.4. The molecule has 2 aromatic rings.